The lowest BCUT2D eigenvalue weighted by molar-refractivity contribution is -0.140. The molecule has 4 rings (SSSR count). The summed E-state index contributed by atoms with van der Waals surface area (Å²) >= 11 is 0. The molecule has 3 aromatic rings. The van der Waals surface area contributed by atoms with E-state index >= 15 is 0 Å². The van der Waals surface area contributed by atoms with Gasteiger partial charge in [0.2, 0.25) is 5.91 Å². The minimum absolute atomic E-state index is 0.0593. The number of benzene rings is 3. The average Bonchev–Trinajstić information content (AvgIpc) is 2.89. The number of esters is 1. The third kappa shape index (κ3) is 5.80. The zero-order chi connectivity index (χ0) is 26.5. The van der Waals surface area contributed by atoms with Gasteiger partial charge in [-0.15, -0.1) is 0 Å². The van der Waals surface area contributed by atoms with E-state index in [4.69, 9.17) is 4.74 Å². The highest BCUT2D eigenvalue weighted by molar-refractivity contribution is 6.04. The molecule has 0 aliphatic carbocycles. The van der Waals surface area contributed by atoms with E-state index in [2.05, 4.69) is 5.32 Å². The maximum Gasteiger partial charge on any atom is 0.336 e. The van der Waals surface area contributed by atoms with Crippen LogP contribution in [0.25, 0.3) is 0 Å². The van der Waals surface area contributed by atoms with E-state index in [0.717, 1.165) is 22.4 Å². The highest BCUT2D eigenvalue weighted by Gasteiger charge is 2.36. The van der Waals surface area contributed by atoms with Crippen molar-refractivity contribution >= 4 is 23.5 Å². The highest BCUT2D eigenvalue weighted by Crippen LogP contribution is 2.37. The minimum Gasteiger partial charge on any atom is -0.463 e. The maximum atomic E-state index is 13.2. The summed E-state index contributed by atoms with van der Waals surface area (Å²) in [4.78, 5) is 40.5. The number of ether oxygens (including phenoxy) is 1. The van der Waals surface area contributed by atoms with Crippen molar-refractivity contribution in [2.45, 2.75) is 46.6 Å². The predicted molar refractivity (Wildman–Crippen MR) is 144 cm³/mol. The van der Waals surface area contributed by atoms with Crippen LogP contribution in [0.2, 0.25) is 0 Å². The van der Waals surface area contributed by atoms with Crippen molar-refractivity contribution in [3.63, 3.8) is 0 Å². The molecule has 0 aromatic heterocycles. The molecule has 6 nitrogen and oxygen atoms in total. The molecule has 2 amide bonds. The van der Waals surface area contributed by atoms with Crippen LogP contribution in [0.3, 0.4) is 0 Å². The Hall–Kier alpha value is -4.19. The molecule has 0 saturated carbocycles. The number of hydrogen-bond donors (Lipinski definition) is 1. The Morgan fingerprint density at radius 1 is 0.946 bits per heavy atom. The van der Waals surface area contributed by atoms with Crippen molar-refractivity contribution < 1.29 is 19.1 Å². The Morgan fingerprint density at radius 2 is 1.65 bits per heavy atom. The topological polar surface area (TPSA) is 75.7 Å². The van der Waals surface area contributed by atoms with Crippen LogP contribution < -0.4 is 5.32 Å². The van der Waals surface area contributed by atoms with Gasteiger partial charge >= 0.3 is 5.97 Å². The van der Waals surface area contributed by atoms with E-state index in [-0.39, 0.29) is 30.8 Å². The van der Waals surface area contributed by atoms with Gasteiger partial charge in [-0.25, -0.2) is 4.79 Å². The van der Waals surface area contributed by atoms with Crippen LogP contribution in [0.4, 0.5) is 5.69 Å². The monoisotopic (exact) mass is 496 g/mol. The third-order valence-corrected chi connectivity index (χ3v) is 6.84. The van der Waals surface area contributed by atoms with Gasteiger partial charge < -0.3 is 15.0 Å². The average molecular weight is 497 g/mol. The number of nitrogens with zero attached hydrogens (tertiary/aromatic N) is 1. The largest absolute Gasteiger partial charge is 0.463 e. The summed E-state index contributed by atoms with van der Waals surface area (Å²) in [6, 6.07) is 22.6. The second-order valence-electron chi connectivity index (χ2n) is 9.32. The van der Waals surface area contributed by atoms with Crippen LogP contribution in [-0.4, -0.2) is 29.3 Å². The van der Waals surface area contributed by atoms with E-state index in [1.807, 2.05) is 74.5 Å². The number of amides is 2. The summed E-state index contributed by atoms with van der Waals surface area (Å²) in [5, 5.41) is 2.93. The second kappa shape index (κ2) is 11.2. The van der Waals surface area contributed by atoms with Gasteiger partial charge in [0, 0.05) is 29.3 Å². The van der Waals surface area contributed by atoms with E-state index in [0.29, 0.717) is 23.4 Å². The van der Waals surface area contributed by atoms with Crippen LogP contribution >= 0.6 is 0 Å². The summed E-state index contributed by atoms with van der Waals surface area (Å²) in [6.07, 6.45) is 0.186. The fraction of sp³-hybridized carbons (Fsp3) is 0.258. The Kier molecular flexibility index (Phi) is 7.87. The minimum atomic E-state index is -0.398. The maximum absolute atomic E-state index is 13.2. The lowest BCUT2D eigenvalue weighted by atomic mass is 9.83. The summed E-state index contributed by atoms with van der Waals surface area (Å²) < 4.78 is 5.36. The Morgan fingerprint density at radius 3 is 2.30 bits per heavy atom. The van der Waals surface area contributed by atoms with Crippen LogP contribution in [0.1, 0.15) is 58.8 Å². The van der Waals surface area contributed by atoms with Crippen molar-refractivity contribution in [3.8, 4) is 0 Å². The van der Waals surface area contributed by atoms with Gasteiger partial charge in [0.25, 0.3) is 5.91 Å². The SMILES string of the molecule is CCOC(=O)C1=C(C)N(Cc2ccc(C(=O)Nc3ccc(C)c(C)c3)cc2)C(=O)CC1c1ccccc1. The van der Waals surface area contributed by atoms with Gasteiger partial charge in [0.15, 0.2) is 0 Å². The van der Waals surface area contributed by atoms with Gasteiger partial charge in [-0.2, -0.15) is 0 Å². The van der Waals surface area contributed by atoms with Gasteiger partial charge in [-0.1, -0.05) is 48.5 Å². The molecular formula is C31H32N2O4. The van der Waals surface area contributed by atoms with Crippen molar-refractivity contribution in [1.82, 2.24) is 4.90 Å². The summed E-state index contributed by atoms with van der Waals surface area (Å²) in [6.45, 7) is 8.17. The molecule has 37 heavy (non-hydrogen) atoms. The molecule has 1 aliphatic rings. The number of aryl methyl sites for hydroxylation is 2. The number of allylic oxidation sites excluding steroid dienone is 1. The van der Waals surface area contributed by atoms with Crippen molar-refractivity contribution in [1.29, 1.82) is 0 Å². The predicted octanol–water partition coefficient (Wildman–Crippen LogP) is 5.91. The van der Waals surface area contributed by atoms with Crippen LogP contribution in [0.15, 0.2) is 84.1 Å². The lowest BCUT2D eigenvalue weighted by Gasteiger charge is -2.34. The fourth-order valence-electron chi connectivity index (χ4n) is 4.61. The number of rotatable bonds is 7. The van der Waals surface area contributed by atoms with Gasteiger partial charge in [-0.3, -0.25) is 9.59 Å². The Bertz CT molecular complexity index is 1340. The normalized spacial score (nSPS) is 15.5. The van der Waals surface area contributed by atoms with E-state index < -0.39 is 5.97 Å². The first-order valence-electron chi connectivity index (χ1n) is 12.5. The van der Waals surface area contributed by atoms with Crippen LogP contribution in [-0.2, 0) is 20.9 Å². The first-order valence-corrected chi connectivity index (χ1v) is 12.5. The quantitative estimate of drug-likeness (QED) is 0.413. The molecule has 0 fully saturated rings. The number of carbonyl (C=O) groups is 3. The Labute approximate surface area is 218 Å². The molecule has 0 bridgehead atoms. The lowest BCUT2D eigenvalue weighted by Crippen LogP contribution is -2.38. The first-order chi connectivity index (χ1) is 17.8. The fourth-order valence-corrected chi connectivity index (χ4v) is 4.61. The molecule has 1 unspecified atom stereocenters. The second-order valence-corrected chi connectivity index (χ2v) is 9.32. The zero-order valence-electron chi connectivity index (χ0n) is 21.7. The molecule has 3 aromatic carbocycles. The number of nitrogens with one attached hydrogen (secondary N) is 1. The van der Waals surface area contributed by atoms with Crippen LogP contribution in [0.5, 0.6) is 0 Å². The summed E-state index contributed by atoms with van der Waals surface area (Å²) in [7, 11) is 0. The van der Waals surface area contributed by atoms with Gasteiger partial charge in [0.05, 0.1) is 18.7 Å². The standard InChI is InChI=1S/C31H32N2O4/c1-5-37-31(36)29-22(4)33(28(34)18-27(29)24-9-7-6-8-10-24)19-23-12-14-25(15-13-23)30(35)32-26-16-11-20(2)21(3)17-26/h6-17,27H,5,18-19H2,1-4H3,(H,32,35). The molecule has 1 atom stereocenters. The van der Waals surface area contributed by atoms with Gasteiger partial charge in [0.1, 0.15) is 0 Å². The molecule has 190 valence electrons. The molecule has 1 aliphatic heterocycles. The van der Waals surface area contributed by atoms with E-state index in [9.17, 15) is 14.4 Å². The van der Waals surface area contributed by atoms with Crippen molar-refractivity contribution in [3.05, 3.63) is 112 Å². The number of hydrogen-bond acceptors (Lipinski definition) is 4. The zero-order valence-corrected chi connectivity index (χ0v) is 21.7. The molecular weight excluding hydrogens is 464 g/mol. The van der Waals surface area contributed by atoms with Crippen LogP contribution in [0, 0.1) is 13.8 Å². The first kappa shape index (κ1) is 25.9. The molecule has 6 heteroatoms. The molecule has 1 N–H and O–H groups in total. The molecule has 0 radical (unpaired) electrons. The van der Waals surface area contributed by atoms with Crippen molar-refractivity contribution in [2.75, 3.05) is 11.9 Å². The molecule has 0 spiro atoms. The van der Waals surface area contributed by atoms with E-state index in [1.165, 1.54) is 5.56 Å². The highest BCUT2D eigenvalue weighted by atomic mass is 16.5. The number of anilines is 1. The third-order valence-electron chi connectivity index (χ3n) is 6.84. The number of carbonyl (C=O) groups excluding carboxylic acids is 3. The Balaban J connectivity index is 1.54. The van der Waals surface area contributed by atoms with E-state index in [1.54, 1.807) is 30.9 Å². The summed E-state index contributed by atoms with van der Waals surface area (Å²) in [5.41, 5.74) is 6.43. The molecule has 0 saturated heterocycles. The van der Waals surface area contributed by atoms with Gasteiger partial charge in [-0.05, 0) is 74.2 Å². The summed E-state index contributed by atoms with van der Waals surface area (Å²) in [5.74, 6) is -1.00. The smallest absolute Gasteiger partial charge is 0.336 e. The molecule has 1 heterocycles. The van der Waals surface area contributed by atoms with Crippen molar-refractivity contribution in [2.24, 2.45) is 0 Å².